The maximum Gasteiger partial charge on any atom is 0.198 e. The Labute approximate surface area is 424 Å². The van der Waals surface area contributed by atoms with Gasteiger partial charge in [0.15, 0.2) is 7.28 Å². The molecule has 0 aromatic heterocycles. The molecule has 0 spiro atoms. The van der Waals surface area contributed by atoms with Gasteiger partial charge < -0.3 is 10.2 Å². The van der Waals surface area contributed by atoms with Gasteiger partial charge in [0.1, 0.15) is 0 Å². The van der Waals surface area contributed by atoms with Crippen molar-refractivity contribution in [3.05, 3.63) is 197 Å². The number of hydrogen-bond acceptors (Lipinski definition) is 2. The Bertz CT molecular complexity index is 3460. The lowest BCUT2D eigenvalue weighted by molar-refractivity contribution is 0.332. The van der Waals surface area contributed by atoms with Gasteiger partial charge in [-0.05, 0) is 186 Å². The molecular formula is C68H69BN2. The van der Waals surface area contributed by atoms with Crippen molar-refractivity contribution in [2.75, 3.05) is 10.2 Å². The maximum atomic E-state index is 4.15. The van der Waals surface area contributed by atoms with Crippen molar-refractivity contribution in [3.63, 3.8) is 0 Å². The molecule has 354 valence electrons. The highest BCUT2D eigenvalue weighted by Gasteiger charge is 2.44. The Morgan fingerprint density at radius 2 is 0.958 bits per heavy atom. The summed E-state index contributed by atoms with van der Waals surface area (Å²) in [6.07, 6.45) is 4.72. The molecule has 1 heterocycles. The van der Waals surface area contributed by atoms with E-state index >= 15 is 0 Å². The molecule has 8 aromatic rings. The van der Waals surface area contributed by atoms with Crippen molar-refractivity contribution < 1.29 is 0 Å². The number of nitrogens with one attached hydrogen (secondary N) is 1. The predicted molar refractivity (Wildman–Crippen MR) is 306 cm³/mol. The molecule has 8 aromatic carbocycles. The average molecular weight is 925 g/mol. The number of hydrogen-bond donors (Lipinski definition) is 1. The van der Waals surface area contributed by atoms with Gasteiger partial charge in [-0.3, -0.25) is 0 Å². The molecule has 0 amide bonds. The van der Waals surface area contributed by atoms with Crippen molar-refractivity contribution in [3.8, 4) is 44.5 Å². The molecule has 0 atom stereocenters. The van der Waals surface area contributed by atoms with Crippen LogP contribution in [0.25, 0.3) is 44.5 Å². The van der Waals surface area contributed by atoms with Crippen LogP contribution in [0.15, 0.2) is 158 Å². The van der Waals surface area contributed by atoms with Crippen LogP contribution in [0.5, 0.6) is 0 Å². The minimum absolute atomic E-state index is 0.0604. The third-order valence-electron chi connectivity index (χ3n) is 17.9. The Morgan fingerprint density at radius 3 is 1.61 bits per heavy atom. The number of rotatable bonds is 6. The fourth-order valence-corrected chi connectivity index (χ4v) is 13.3. The molecule has 0 saturated heterocycles. The summed E-state index contributed by atoms with van der Waals surface area (Å²) >= 11 is 0. The number of nitrogens with zero attached hydrogens (tertiary/aromatic N) is 1. The lowest BCUT2D eigenvalue weighted by Gasteiger charge is -2.44. The maximum absolute atomic E-state index is 4.15. The number of benzene rings is 8. The fourth-order valence-electron chi connectivity index (χ4n) is 13.3. The molecule has 12 rings (SSSR count). The SMILES string of the molecule is Cc1cc(-c2ccccc2)ccc1N1c2cc3c(cc2Bc2c1cc1c(c2-c2cc(-c4ccccc4)ccc2Nc2ccc4c(c2)C(C)(C)CCC4(C)C)-c2ccccc2C1(C)C)C(C)(C)CCC3(C)C. The van der Waals surface area contributed by atoms with Gasteiger partial charge in [-0.1, -0.05) is 184 Å². The van der Waals surface area contributed by atoms with Crippen molar-refractivity contribution in [1.29, 1.82) is 0 Å². The average Bonchev–Trinajstić information content (AvgIpc) is 3.58. The number of fused-ring (bicyclic) bond motifs is 7. The summed E-state index contributed by atoms with van der Waals surface area (Å²) in [5.74, 6) is 0. The van der Waals surface area contributed by atoms with E-state index in [1.54, 1.807) is 0 Å². The second-order valence-corrected chi connectivity index (χ2v) is 24.8. The first-order valence-electron chi connectivity index (χ1n) is 26.4. The summed E-state index contributed by atoms with van der Waals surface area (Å²) in [6.45, 7) is 26.8. The molecule has 1 N–H and O–H groups in total. The van der Waals surface area contributed by atoms with Gasteiger partial charge in [0.25, 0.3) is 0 Å². The third kappa shape index (κ3) is 7.27. The van der Waals surface area contributed by atoms with E-state index < -0.39 is 0 Å². The molecule has 0 radical (unpaired) electrons. The Balaban J connectivity index is 1.17. The molecule has 3 aliphatic carbocycles. The highest BCUT2D eigenvalue weighted by molar-refractivity contribution is 6.73. The Kier molecular flexibility index (Phi) is 10.2. The largest absolute Gasteiger partial charge is 0.355 e. The normalized spacial score (nSPS) is 17.9. The zero-order chi connectivity index (χ0) is 49.4. The second kappa shape index (κ2) is 16.0. The monoisotopic (exact) mass is 925 g/mol. The highest BCUT2D eigenvalue weighted by atomic mass is 15.2. The minimum atomic E-state index is -0.239. The molecule has 0 saturated carbocycles. The fraction of sp³-hybridized carbons (Fsp3) is 0.294. The molecule has 4 aliphatic rings. The highest BCUT2D eigenvalue weighted by Crippen LogP contribution is 2.57. The third-order valence-corrected chi connectivity index (χ3v) is 17.9. The topological polar surface area (TPSA) is 15.3 Å². The van der Waals surface area contributed by atoms with Crippen LogP contribution in [0.2, 0.25) is 0 Å². The van der Waals surface area contributed by atoms with E-state index in [-0.39, 0.29) is 27.1 Å². The number of anilines is 5. The molecule has 3 heteroatoms. The number of aryl methyl sites for hydroxylation is 1. The zero-order valence-electron chi connectivity index (χ0n) is 44.0. The van der Waals surface area contributed by atoms with Gasteiger partial charge in [-0.2, -0.15) is 0 Å². The molecule has 1 aliphatic heterocycles. The first-order valence-corrected chi connectivity index (χ1v) is 26.4. The molecule has 71 heavy (non-hydrogen) atoms. The van der Waals surface area contributed by atoms with E-state index in [0.717, 1.165) is 18.7 Å². The van der Waals surface area contributed by atoms with E-state index in [1.807, 2.05) is 0 Å². The van der Waals surface area contributed by atoms with Crippen LogP contribution in [0.4, 0.5) is 28.4 Å². The van der Waals surface area contributed by atoms with Crippen LogP contribution in [0, 0.1) is 6.92 Å². The zero-order valence-corrected chi connectivity index (χ0v) is 44.0. The quantitative estimate of drug-likeness (QED) is 0.167. The van der Waals surface area contributed by atoms with Gasteiger partial charge in [0, 0.05) is 39.4 Å². The second-order valence-electron chi connectivity index (χ2n) is 24.8. The van der Waals surface area contributed by atoms with Crippen molar-refractivity contribution in [2.24, 2.45) is 0 Å². The van der Waals surface area contributed by atoms with Crippen molar-refractivity contribution >= 4 is 46.6 Å². The van der Waals surface area contributed by atoms with Crippen LogP contribution in [-0.4, -0.2) is 7.28 Å². The summed E-state index contributed by atoms with van der Waals surface area (Å²) in [7, 11) is 0.828. The summed E-state index contributed by atoms with van der Waals surface area (Å²) in [4.78, 5) is 2.68. The van der Waals surface area contributed by atoms with Crippen LogP contribution in [0.3, 0.4) is 0 Å². The van der Waals surface area contributed by atoms with Gasteiger partial charge in [-0.25, -0.2) is 0 Å². The molecule has 2 nitrogen and oxygen atoms in total. The summed E-state index contributed by atoms with van der Waals surface area (Å²) < 4.78 is 0. The lowest BCUT2D eigenvalue weighted by Crippen LogP contribution is -2.44. The van der Waals surface area contributed by atoms with Gasteiger partial charge in [-0.15, -0.1) is 0 Å². The summed E-state index contributed by atoms with van der Waals surface area (Å²) in [6, 6.07) is 60.5. The Morgan fingerprint density at radius 1 is 0.408 bits per heavy atom. The molecule has 0 bridgehead atoms. The lowest BCUT2D eigenvalue weighted by atomic mass is 9.54. The molecular weight excluding hydrogens is 856 g/mol. The van der Waals surface area contributed by atoms with Crippen LogP contribution < -0.4 is 21.1 Å². The Hall–Kier alpha value is -6.58. The predicted octanol–water partition coefficient (Wildman–Crippen LogP) is 16.9. The first-order chi connectivity index (χ1) is 33.8. The van der Waals surface area contributed by atoms with E-state index in [9.17, 15) is 0 Å². The van der Waals surface area contributed by atoms with Crippen LogP contribution >= 0.6 is 0 Å². The standard InChI is InChI=1S/C68H69BN2/c1-42-36-45(43-20-14-12-15-21-43)27-31-58(42)71-59-40-54-53(66(6,7)34-35-67(54,8)9)39-56(59)69-63-60(71)41-55-61(48-24-18-19-25-50(48)68(55,10)11)62(63)49-37-46(44-22-16-13-17-23-44)26-30-57(49)70-47-28-29-51-52(38-47)65(4,5)33-32-64(51,2)3/h12-31,36-41,69-70H,32-35H2,1-11H3. The molecule has 0 unspecified atom stereocenters. The summed E-state index contributed by atoms with van der Waals surface area (Å²) in [5.41, 5.74) is 29.2. The van der Waals surface area contributed by atoms with Crippen LogP contribution in [0.1, 0.15) is 134 Å². The summed E-state index contributed by atoms with van der Waals surface area (Å²) in [5, 5.41) is 4.15. The van der Waals surface area contributed by atoms with E-state index in [2.05, 4.69) is 244 Å². The van der Waals surface area contributed by atoms with E-state index in [4.69, 9.17) is 0 Å². The van der Waals surface area contributed by atoms with Gasteiger partial charge in [0.05, 0.1) is 0 Å². The molecule has 0 fully saturated rings. The van der Waals surface area contributed by atoms with Crippen LogP contribution in [-0.2, 0) is 27.1 Å². The first kappa shape index (κ1) is 45.6. The van der Waals surface area contributed by atoms with Crippen molar-refractivity contribution in [2.45, 2.75) is 129 Å². The van der Waals surface area contributed by atoms with Gasteiger partial charge >= 0.3 is 0 Å². The minimum Gasteiger partial charge on any atom is -0.355 e. The van der Waals surface area contributed by atoms with Crippen molar-refractivity contribution in [1.82, 2.24) is 0 Å². The van der Waals surface area contributed by atoms with Gasteiger partial charge in [0.2, 0.25) is 0 Å². The van der Waals surface area contributed by atoms with E-state index in [1.165, 1.54) is 137 Å². The smallest absolute Gasteiger partial charge is 0.198 e. The van der Waals surface area contributed by atoms with E-state index in [0.29, 0.717) is 0 Å².